The van der Waals surface area contributed by atoms with Crippen molar-refractivity contribution in [2.45, 2.75) is 6.92 Å². The summed E-state index contributed by atoms with van der Waals surface area (Å²) < 4.78 is 0. The number of rotatable bonds is 3. The van der Waals surface area contributed by atoms with Crippen molar-refractivity contribution in [3.63, 3.8) is 0 Å². The molecule has 0 aliphatic heterocycles. The topological polar surface area (TPSA) is 62.8 Å². The van der Waals surface area contributed by atoms with Crippen LogP contribution in [0.4, 0.5) is 0 Å². The van der Waals surface area contributed by atoms with E-state index in [1.807, 2.05) is 31.2 Å². The molecule has 2 heterocycles. The first-order chi connectivity index (χ1) is 13.0. The Morgan fingerprint density at radius 2 is 1.78 bits per heavy atom. The lowest BCUT2D eigenvalue weighted by molar-refractivity contribution is 0.103. The van der Waals surface area contributed by atoms with Crippen LogP contribution in [-0.2, 0) is 0 Å². The second kappa shape index (κ2) is 6.82. The number of nitrogens with zero attached hydrogens (tertiary/aromatic N) is 1. The number of halogens is 1. The third kappa shape index (κ3) is 3.39. The van der Waals surface area contributed by atoms with Crippen molar-refractivity contribution in [3.05, 3.63) is 98.9 Å². The average molecular weight is 375 g/mol. The summed E-state index contributed by atoms with van der Waals surface area (Å²) in [5.41, 5.74) is 3.93. The van der Waals surface area contributed by atoms with Crippen molar-refractivity contribution in [1.29, 1.82) is 0 Å². The van der Waals surface area contributed by atoms with Crippen molar-refractivity contribution in [2.75, 3.05) is 0 Å². The van der Waals surface area contributed by atoms with Gasteiger partial charge in [0.05, 0.1) is 0 Å². The molecule has 1 N–H and O–H groups in total. The van der Waals surface area contributed by atoms with Gasteiger partial charge in [0, 0.05) is 33.8 Å². The minimum absolute atomic E-state index is 0.151. The Kier molecular flexibility index (Phi) is 4.34. The normalized spacial score (nSPS) is 10.9. The fourth-order valence-electron chi connectivity index (χ4n) is 3.07. The van der Waals surface area contributed by atoms with Crippen molar-refractivity contribution in [2.24, 2.45) is 0 Å². The van der Waals surface area contributed by atoms with E-state index in [-0.39, 0.29) is 11.3 Å². The lowest BCUT2D eigenvalue weighted by Crippen LogP contribution is -2.08. The van der Waals surface area contributed by atoms with Crippen LogP contribution >= 0.6 is 11.6 Å². The summed E-state index contributed by atoms with van der Waals surface area (Å²) in [7, 11) is 0. The highest BCUT2D eigenvalue weighted by Gasteiger charge is 2.13. The monoisotopic (exact) mass is 374 g/mol. The standard InChI is InChI=1S/C22H15ClN2O2/c1-13-3-2-4-15(9-13)18-11-20(26)25-22-19(18)10-16(12-24-22)21(27)14-5-7-17(23)8-6-14/h2-12H,1H3,(H,24,25,26). The molecule has 0 amide bonds. The summed E-state index contributed by atoms with van der Waals surface area (Å²) in [5.74, 6) is -0.151. The highest BCUT2D eigenvalue weighted by atomic mass is 35.5. The molecule has 4 nitrogen and oxygen atoms in total. The van der Waals surface area contributed by atoms with Crippen molar-refractivity contribution in [3.8, 4) is 11.1 Å². The molecule has 0 fully saturated rings. The summed E-state index contributed by atoms with van der Waals surface area (Å²) in [6, 6.07) is 17.9. The van der Waals surface area contributed by atoms with E-state index in [0.29, 0.717) is 21.8 Å². The molecular weight excluding hydrogens is 360 g/mol. The van der Waals surface area contributed by atoms with Crippen molar-refractivity contribution < 1.29 is 4.79 Å². The van der Waals surface area contributed by atoms with E-state index >= 15 is 0 Å². The lowest BCUT2D eigenvalue weighted by atomic mass is 9.98. The van der Waals surface area contributed by atoms with Gasteiger partial charge in [-0.1, -0.05) is 41.4 Å². The number of fused-ring (bicyclic) bond motifs is 1. The summed E-state index contributed by atoms with van der Waals surface area (Å²) in [6.07, 6.45) is 1.48. The van der Waals surface area contributed by atoms with Crippen LogP contribution in [0, 0.1) is 6.92 Å². The number of nitrogens with one attached hydrogen (secondary N) is 1. The van der Waals surface area contributed by atoms with E-state index in [9.17, 15) is 9.59 Å². The second-order valence-corrected chi connectivity index (χ2v) is 6.81. The molecule has 0 saturated heterocycles. The number of aromatic nitrogens is 2. The van der Waals surface area contributed by atoms with Gasteiger partial charge in [-0.3, -0.25) is 9.59 Å². The molecule has 0 radical (unpaired) electrons. The Morgan fingerprint density at radius 3 is 2.52 bits per heavy atom. The van der Waals surface area contributed by atoms with Gasteiger partial charge in [-0.2, -0.15) is 0 Å². The Bertz CT molecular complexity index is 1230. The number of carbonyl (C=O) groups excluding carboxylic acids is 1. The van der Waals surface area contributed by atoms with Gasteiger partial charge in [0.15, 0.2) is 5.78 Å². The molecule has 4 aromatic rings. The number of hydrogen-bond acceptors (Lipinski definition) is 3. The second-order valence-electron chi connectivity index (χ2n) is 6.37. The van der Waals surface area contributed by atoms with Crippen LogP contribution < -0.4 is 5.56 Å². The first-order valence-electron chi connectivity index (χ1n) is 8.42. The zero-order chi connectivity index (χ0) is 19.0. The highest BCUT2D eigenvalue weighted by Crippen LogP contribution is 2.27. The maximum absolute atomic E-state index is 12.8. The largest absolute Gasteiger partial charge is 0.307 e. The van der Waals surface area contributed by atoms with Gasteiger partial charge in [-0.25, -0.2) is 4.98 Å². The molecule has 2 aromatic carbocycles. The molecule has 0 aliphatic carbocycles. The highest BCUT2D eigenvalue weighted by molar-refractivity contribution is 6.30. The predicted octanol–water partition coefficient (Wildman–Crippen LogP) is 4.78. The maximum atomic E-state index is 12.8. The van der Waals surface area contributed by atoms with Crippen LogP contribution in [0.15, 0.2) is 71.7 Å². The third-order valence-corrected chi connectivity index (χ3v) is 4.64. The molecule has 132 valence electrons. The summed E-state index contributed by atoms with van der Waals surface area (Å²) >= 11 is 5.90. The van der Waals surface area contributed by atoms with Gasteiger partial charge >= 0.3 is 0 Å². The Hall–Kier alpha value is -3.24. The molecule has 27 heavy (non-hydrogen) atoms. The van der Waals surface area contributed by atoms with Crippen LogP contribution in [-0.4, -0.2) is 15.8 Å². The van der Waals surface area contributed by atoms with Crippen LogP contribution in [0.2, 0.25) is 5.02 Å². The average Bonchev–Trinajstić information content (AvgIpc) is 2.67. The van der Waals surface area contributed by atoms with Crippen molar-refractivity contribution in [1.82, 2.24) is 9.97 Å². The van der Waals surface area contributed by atoms with Gasteiger partial charge in [-0.15, -0.1) is 0 Å². The zero-order valence-electron chi connectivity index (χ0n) is 14.5. The number of benzene rings is 2. The van der Waals surface area contributed by atoms with E-state index in [2.05, 4.69) is 9.97 Å². The number of carbonyl (C=O) groups is 1. The number of pyridine rings is 2. The SMILES string of the molecule is Cc1cccc(-c2cc(=O)[nH]c3ncc(C(=O)c4ccc(Cl)cc4)cc23)c1. The molecule has 0 atom stereocenters. The van der Waals surface area contributed by atoms with E-state index in [1.165, 1.54) is 12.3 Å². The zero-order valence-corrected chi connectivity index (χ0v) is 15.2. The number of H-pyrrole nitrogens is 1. The third-order valence-electron chi connectivity index (χ3n) is 4.39. The molecular formula is C22H15ClN2O2. The first-order valence-corrected chi connectivity index (χ1v) is 8.79. The van der Waals surface area contributed by atoms with Gasteiger partial charge in [0.25, 0.3) is 0 Å². The van der Waals surface area contributed by atoms with Crippen molar-refractivity contribution >= 4 is 28.4 Å². The number of aromatic amines is 1. The van der Waals surface area contributed by atoms with E-state index in [0.717, 1.165) is 22.1 Å². The van der Waals surface area contributed by atoms with Gasteiger partial charge in [0.1, 0.15) is 5.65 Å². The molecule has 0 aliphatic rings. The van der Waals surface area contributed by atoms with Crippen LogP contribution in [0.25, 0.3) is 22.2 Å². The molecule has 0 saturated carbocycles. The minimum Gasteiger partial charge on any atom is -0.307 e. The number of aryl methyl sites for hydroxylation is 1. The predicted molar refractivity (Wildman–Crippen MR) is 107 cm³/mol. The molecule has 0 unspecified atom stereocenters. The summed E-state index contributed by atoms with van der Waals surface area (Å²) in [4.78, 5) is 31.9. The van der Waals surface area contributed by atoms with Gasteiger partial charge in [-0.05, 0) is 48.4 Å². The lowest BCUT2D eigenvalue weighted by Gasteiger charge is -2.09. The van der Waals surface area contributed by atoms with Crippen LogP contribution in [0.5, 0.6) is 0 Å². The Balaban J connectivity index is 1.89. The number of ketones is 1. The van der Waals surface area contributed by atoms with E-state index in [4.69, 9.17) is 11.6 Å². The van der Waals surface area contributed by atoms with Gasteiger partial charge < -0.3 is 4.98 Å². The maximum Gasteiger partial charge on any atom is 0.250 e. The molecule has 2 aromatic heterocycles. The van der Waals surface area contributed by atoms with Crippen LogP contribution in [0.3, 0.4) is 0 Å². The van der Waals surface area contributed by atoms with Gasteiger partial charge in [0.2, 0.25) is 5.56 Å². The van der Waals surface area contributed by atoms with E-state index < -0.39 is 0 Å². The molecule has 4 rings (SSSR count). The molecule has 5 heteroatoms. The Morgan fingerprint density at radius 1 is 1.00 bits per heavy atom. The fraction of sp³-hybridized carbons (Fsp3) is 0.0455. The quantitative estimate of drug-likeness (QED) is 0.525. The smallest absolute Gasteiger partial charge is 0.250 e. The Labute approximate surface area is 160 Å². The summed E-state index contributed by atoms with van der Waals surface area (Å²) in [6.45, 7) is 1.99. The minimum atomic E-state index is -0.233. The molecule has 0 bridgehead atoms. The summed E-state index contributed by atoms with van der Waals surface area (Å²) in [5, 5.41) is 1.29. The number of hydrogen-bond donors (Lipinski definition) is 1. The fourth-order valence-corrected chi connectivity index (χ4v) is 3.20. The molecule has 0 spiro atoms. The first kappa shape index (κ1) is 17.2. The van der Waals surface area contributed by atoms with Crippen LogP contribution in [0.1, 0.15) is 21.5 Å². The van der Waals surface area contributed by atoms with E-state index in [1.54, 1.807) is 30.3 Å².